The lowest BCUT2D eigenvalue weighted by atomic mass is 10.1. The van der Waals surface area contributed by atoms with E-state index in [4.69, 9.17) is 0 Å². The highest BCUT2D eigenvalue weighted by Gasteiger charge is 2.30. The van der Waals surface area contributed by atoms with Crippen LogP contribution in [0.3, 0.4) is 0 Å². The molecule has 5 nitrogen and oxygen atoms in total. The molecule has 3 aromatic rings. The van der Waals surface area contributed by atoms with Crippen LogP contribution in [0.1, 0.15) is 21.5 Å². The SMILES string of the molecule is O=C(NC(CO)C(=O)NCc1ccc(C(F)(F)F)cc1)c1ccc2ccccc2c1. The van der Waals surface area contributed by atoms with Gasteiger partial charge in [-0.05, 0) is 40.6 Å². The number of hydrogen-bond acceptors (Lipinski definition) is 3. The molecule has 30 heavy (non-hydrogen) atoms. The Balaban J connectivity index is 1.60. The lowest BCUT2D eigenvalue weighted by molar-refractivity contribution is -0.137. The van der Waals surface area contributed by atoms with Gasteiger partial charge in [0, 0.05) is 12.1 Å². The Morgan fingerprint density at radius 3 is 2.23 bits per heavy atom. The number of carbonyl (C=O) groups excluding carboxylic acids is 2. The first-order valence-electron chi connectivity index (χ1n) is 9.12. The van der Waals surface area contributed by atoms with Crippen molar-refractivity contribution >= 4 is 22.6 Å². The summed E-state index contributed by atoms with van der Waals surface area (Å²) in [4.78, 5) is 24.7. The summed E-state index contributed by atoms with van der Waals surface area (Å²) < 4.78 is 37.8. The van der Waals surface area contributed by atoms with Gasteiger partial charge in [-0.15, -0.1) is 0 Å². The number of nitrogens with one attached hydrogen (secondary N) is 2. The summed E-state index contributed by atoms with van der Waals surface area (Å²) in [5.74, 6) is -1.17. The molecule has 0 spiro atoms. The smallest absolute Gasteiger partial charge is 0.394 e. The van der Waals surface area contributed by atoms with E-state index in [2.05, 4.69) is 10.6 Å². The van der Waals surface area contributed by atoms with Crippen molar-refractivity contribution in [3.05, 3.63) is 83.4 Å². The molecule has 3 rings (SSSR count). The maximum atomic E-state index is 12.6. The number of rotatable bonds is 6. The van der Waals surface area contributed by atoms with Crippen LogP contribution in [0.2, 0.25) is 0 Å². The van der Waals surface area contributed by atoms with Gasteiger partial charge in [-0.25, -0.2) is 0 Å². The van der Waals surface area contributed by atoms with Crippen molar-refractivity contribution in [3.63, 3.8) is 0 Å². The molecule has 1 unspecified atom stereocenters. The van der Waals surface area contributed by atoms with E-state index in [1.807, 2.05) is 24.3 Å². The highest BCUT2D eigenvalue weighted by atomic mass is 19.4. The zero-order valence-electron chi connectivity index (χ0n) is 15.7. The number of fused-ring (bicyclic) bond motifs is 1. The third-order valence-electron chi connectivity index (χ3n) is 4.56. The minimum atomic E-state index is -4.43. The summed E-state index contributed by atoms with van der Waals surface area (Å²) in [5, 5.41) is 16.3. The van der Waals surface area contributed by atoms with Crippen LogP contribution in [-0.4, -0.2) is 29.6 Å². The number of alkyl halides is 3. The van der Waals surface area contributed by atoms with Gasteiger partial charge in [0.2, 0.25) is 5.91 Å². The second-order valence-corrected chi connectivity index (χ2v) is 6.68. The molecule has 0 heterocycles. The molecular weight excluding hydrogens is 397 g/mol. The van der Waals surface area contributed by atoms with E-state index >= 15 is 0 Å². The number of aliphatic hydroxyl groups excluding tert-OH is 1. The number of aliphatic hydroxyl groups is 1. The Bertz CT molecular complexity index is 1050. The molecule has 0 fully saturated rings. The summed E-state index contributed by atoms with van der Waals surface area (Å²) >= 11 is 0. The van der Waals surface area contributed by atoms with Crippen LogP contribution in [0, 0.1) is 0 Å². The molecule has 1 atom stereocenters. The summed E-state index contributed by atoms with van der Waals surface area (Å²) in [5.41, 5.74) is 0.00467. The van der Waals surface area contributed by atoms with E-state index in [0.717, 1.165) is 22.9 Å². The van der Waals surface area contributed by atoms with Gasteiger partial charge in [0.25, 0.3) is 5.91 Å². The Hall–Kier alpha value is -3.39. The second-order valence-electron chi connectivity index (χ2n) is 6.68. The molecule has 0 aliphatic rings. The molecule has 0 radical (unpaired) electrons. The number of carbonyl (C=O) groups is 2. The maximum absolute atomic E-state index is 12.6. The molecule has 0 aliphatic heterocycles. The van der Waals surface area contributed by atoms with Crippen LogP contribution in [0.25, 0.3) is 10.8 Å². The molecular formula is C22H19F3N2O3. The van der Waals surface area contributed by atoms with Crippen molar-refractivity contribution in [1.29, 1.82) is 0 Å². The lowest BCUT2D eigenvalue weighted by Gasteiger charge is -2.17. The molecule has 3 N–H and O–H groups in total. The largest absolute Gasteiger partial charge is 0.416 e. The number of halogens is 3. The maximum Gasteiger partial charge on any atom is 0.416 e. The monoisotopic (exact) mass is 416 g/mol. The number of benzene rings is 3. The topological polar surface area (TPSA) is 78.4 Å². The third-order valence-corrected chi connectivity index (χ3v) is 4.56. The van der Waals surface area contributed by atoms with Crippen LogP contribution in [0.4, 0.5) is 13.2 Å². The predicted octanol–water partition coefficient (Wildman–Crippen LogP) is 3.27. The van der Waals surface area contributed by atoms with Crippen molar-refractivity contribution in [2.24, 2.45) is 0 Å². The highest BCUT2D eigenvalue weighted by molar-refractivity contribution is 6.00. The first kappa shape index (κ1) is 21.3. The molecule has 156 valence electrons. The normalized spacial score (nSPS) is 12.4. The van der Waals surface area contributed by atoms with Crippen molar-refractivity contribution in [2.75, 3.05) is 6.61 Å². The highest BCUT2D eigenvalue weighted by Crippen LogP contribution is 2.29. The van der Waals surface area contributed by atoms with Gasteiger partial charge >= 0.3 is 6.18 Å². The van der Waals surface area contributed by atoms with E-state index in [0.29, 0.717) is 11.1 Å². The molecule has 0 saturated heterocycles. The average molecular weight is 416 g/mol. The van der Waals surface area contributed by atoms with Crippen LogP contribution in [0.5, 0.6) is 0 Å². The van der Waals surface area contributed by atoms with E-state index in [1.165, 1.54) is 12.1 Å². The minimum absolute atomic E-state index is 0.0423. The van der Waals surface area contributed by atoms with Gasteiger partial charge in [0.1, 0.15) is 6.04 Å². The van der Waals surface area contributed by atoms with E-state index in [9.17, 15) is 27.9 Å². The summed E-state index contributed by atoms with van der Waals surface area (Å²) in [6.45, 7) is -0.669. The first-order chi connectivity index (χ1) is 14.3. The second kappa shape index (κ2) is 8.96. The third kappa shape index (κ3) is 5.15. The van der Waals surface area contributed by atoms with Crippen molar-refractivity contribution in [1.82, 2.24) is 10.6 Å². The van der Waals surface area contributed by atoms with Gasteiger partial charge in [0.15, 0.2) is 0 Å². The van der Waals surface area contributed by atoms with E-state index < -0.39 is 36.2 Å². The lowest BCUT2D eigenvalue weighted by Crippen LogP contribution is -2.48. The first-order valence-corrected chi connectivity index (χ1v) is 9.12. The molecule has 8 heteroatoms. The fraction of sp³-hybridized carbons (Fsp3) is 0.182. The van der Waals surface area contributed by atoms with Crippen LogP contribution in [-0.2, 0) is 17.5 Å². The number of amides is 2. The zero-order chi connectivity index (χ0) is 21.7. The van der Waals surface area contributed by atoms with E-state index in [1.54, 1.807) is 18.2 Å². The molecule has 0 saturated carbocycles. The summed E-state index contributed by atoms with van der Waals surface area (Å²) in [6.07, 6.45) is -4.43. The minimum Gasteiger partial charge on any atom is -0.394 e. The van der Waals surface area contributed by atoms with Crippen molar-refractivity contribution in [2.45, 2.75) is 18.8 Å². The zero-order valence-corrected chi connectivity index (χ0v) is 15.7. The Morgan fingerprint density at radius 2 is 1.60 bits per heavy atom. The average Bonchev–Trinajstić information content (AvgIpc) is 2.75. The van der Waals surface area contributed by atoms with Gasteiger partial charge < -0.3 is 15.7 Å². The van der Waals surface area contributed by atoms with Crippen molar-refractivity contribution in [3.8, 4) is 0 Å². The predicted molar refractivity (Wildman–Crippen MR) is 106 cm³/mol. The Morgan fingerprint density at radius 1 is 0.933 bits per heavy atom. The molecule has 3 aromatic carbocycles. The summed E-state index contributed by atoms with van der Waals surface area (Å²) in [6, 6.07) is 15.7. The Kier molecular flexibility index (Phi) is 6.37. The molecule has 0 aliphatic carbocycles. The fourth-order valence-electron chi connectivity index (χ4n) is 2.89. The molecule has 0 bridgehead atoms. The van der Waals surface area contributed by atoms with Crippen LogP contribution in [0.15, 0.2) is 66.7 Å². The van der Waals surface area contributed by atoms with Gasteiger partial charge in [-0.3, -0.25) is 9.59 Å². The van der Waals surface area contributed by atoms with E-state index in [-0.39, 0.29) is 6.54 Å². The molecule has 2 amide bonds. The standard InChI is InChI=1S/C22H19F3N2O3/c23-22(24,25)18-9-5-14(6-10-18)12-26-21(30)19(13-28)27-20(29)17-8-7-15-3-1-2-4-16(15)11-17/h1-11,19,28H,12-13H2,(H,26,30)(H,27,29). The van der Waals surface area contributed by atoms with Crippen LogP contribution >= 0.6 is 0 Å². The van der Waals surface area contributed by atoms with Crippen molar-refractivity contribution < 1.29 is 27.9 Å². The van der Waals surface area contributed by atoms with Crippen LogP contribution < -0.4 is 10.6 Å². The fourth-order valence-corrected chi connectivity index (χ4v) is 2.89. The van der Waals surface area contributed by atoms with Gasteiger partial charge in [0.05, 0.1) is 12.2 Å². The van der Waals surface area contributed by atoms with Gasteiger partial charge in [-0.2, -0.15) is 13.2 Å². The van der Waals surface area contributed by atoms with Gasteiger partial charge in [-0.1, -0.05) is 42.5 Å². The summed E-state index contributed by atoms with van der Waals surface area (Å²) in [7, 11) is 0. The quantitative estimate of drug-likeness (QED) is 0.577. The molecule has 0 aromatic heterocycles. The Labute approximate surface area is 170 Å². The number of hydrogen-bond donors (Lipinski definition) is 3.